The highest BCUT2D eigenvalue weighted by Crippen LogP contribution is 2.48. The summed E-state index contributed by atoms with van der Waals surface area (Å²) in [5.74, 6) is 0.697. The number of pyridine rings is 1. The Morgan fingerprint density at radius 2 is 2.47 bits per heavy atom. The van der Waals surface area contributed by atoms with Crippen LogP contribution in [0.15, 0.2) is 24.5 Å². The molecule has 1 saturated carbocycles. The highest BCUT2D eigenvalue weighted by atomic mass is 16.1. The van der Waals surface area contributed by atoms with Crippen molar-refractivity contribution in [3.05, 3.63) is 30.1 Å². The zero-order valence-electron chi connectivity index (χ0n) is 8.43. The summed E-state index contributed by atoms with van der Waals surface area (Å²) in [6.07, 6.45) is 6.02. The van der Waals surface area contributed by atoms with Crippen molar-refractivity contribution in [3.8, 4) is 0 Å². The molecule has 1 aliphatic rings. The van der Waals surface area contributed by atoms with Crippen LogP contribution in [-0.2, 0) is 9.59 Å². The summed E-state index contributed by atoms with van der Waals surface area (Å²) in [6.45, 7) is 0. The summed E-state index contributed by atoms with van der Waals surface area (Å²) < 4.78 is 0. The predicted octanol–water partition coefficient (Wildman–Crippen LogP) is 1.73. The average molecular weight is 203 g/mol. The molecule has 15 heavy (non-hydrogen) atoms. The molecule has 1 aliphatic carbocycles. The van der Waals surface area contributed by atoms with E-state index >= 15 is 0 Å². The maximum Gasteiger partial charge on any atom is 0.137 e. The smallest absolute Gasteiger partial charge is 0.137 e. The fourth-order valence-electron chi connectivity index (χ4n) is 1.90. The van der Waals surface area contributed by atoms with Gasteiger partial charge in [-0.15, -0.1) is 0 Å². The maximum absolute atomic E-state index is 11.6. The molecule has 0 aliphatic heterocycles. The van der Waals surface area contributed by atoms with Gasteiger partial charge in [-0.2, -0.15) is 0 Å². The van der Waals surface area contributed by atoms with Gasteiger partial charge in [-0.05, 0) is 24.0 Å². The lowest BCUT2D eigenvalue weighted by Crippen LogP contribution is -2.02. The van der Waals surface area contributed by atoms with Gasteiger partial charge in [0.1, 0.15) is 12.1 Å². The van der Waals surface area contributed by atoms with Gasteiger partial charge in [-0.3, -0.25) is 9.78 Å². The average Bonchev–Trinajstić information content (AvgIpc) is 3.07. The second-order valence-corrected chi connectivity index (χ2v) is 3.91. The molecule has 2 rings (SSSR count). The summed E-state index contributed by atoms with van der Waals surface area (Å²) in [5, 5.41) is 0. The molecular formula is C12H13NO2. The second-order valence-electron chi connectivity index (χ2n) is 3.91. The summed E-state index contributed by atoms with van der Waals surface area (Å²) >= 11 is 0. The number of ketones is 1. The largest absolute Gasteiger partial charge is 0.303 e. The summed E-state index contributed by atoms with van der Waals surface area (Å²) in [6, 6.07) is 3.89. The Morgan fingerprint density at radius 3 is 3.13 bits per heavy atom. The van der Waals surface area contributed by atoms with Crippen LogP contribution in [0.2, 0.25) is 0 Å². The van der Waals surface area contributed by atoms with Gasteiger partial charge < -0.3 is 4.79 Å². The van der Waals surface area contributed by atoms with Crippen LogP contribution < -0.4 is 0 Å². The number of aldehydes is 1. The summed E-state index contributed by atoms with van der Waals surface area (Å²) in [5.41, 5.74) is 1.14. The van der Waals surface area contributed by atoms with Crippen molar-refractivity contribution >= 4 is 12.1 Å². The highest BCUT2D eigenvalue weighted by Gasteiger charge is 2.43. The van der Waals surface area contributed by atoms with E-state index in [-0.39, 0.29) is 11.7 Å². The Hall–Kier alpha value is -1.51. The molecule has 3 heteroatoms. The van der Waals surface area contributed by atoms with E-state index in [0.29, 0.717) is 18.8 Å². The van der Waals surface area contributed by atoms with Gasteiger partial charge in [-0.25, -0.2) is 0 Å². The third-order valence-corrected chi connectivity index (χ3v) is 2.83. The minimum atomic E-state index is 0.133. The first-order valence-corrected chi connectivity index (χ1v) is 5.19. The lowest BCUT2D eigenvalue weighted by molar-refractivity contribution is -0.121. The van der Waals surface area contributed by atoms with Gasteiger partial charge in [0, 0.05) is 31.2 Å². The number of hydrogen-bond acceptors (Lipinski definition) is 3. The molecule has 78 valence electrons. The molecule has 0 saturated heterocycles. The van der Waals surface area contributed by atoms with Crippen molar-refractivity contribution in [2.24, 2.45) is 5.92 Å². The van der Waals surface area contributed by atoms with Crippen LogP contribution in [0, 0.1) is 5.92 Å². The predicted molar refractivity (Wildman–Crippen MR) is 55.4 cm³/mol. The van der Waals surface area contributed by atoms with Gasteiger partial charge in [0.25, 0.3) is 0 Å². The van der Waals surface area contributed by atoms with Crippen molar-refractivity contribution in [1.82, 2.24) is 4.98 Å². The van der Waals surface area contributed by atoms with Crippen LogP contribution in [0.3, 0.4) is 0 Å². The van der Waals surface area contributed by atoms with Gasteiger partial charge in [0.2, 0.25) is 0 Å². The van der Waals surface area contributed by atoms with Crippen molar-refractivity contribution in [3.63, 3.8) is 0 Å². The minimum absolute atomic E-state index is 0.133. The zero-order chi connectivity index (χ0) is 10.7. The van der Waals surface area contributed by atoms with Crippen LogP contribution in [0.4, 0.5) is 0 Å². The molecule has 1 fully saturated rings. The second kappa shape index (κ2) is 4.34. The van der Waals surface area contributed by atoms with E-state index < -0.39 is 0 Å². The molecule has 0 unspecified atom stereocenters. The van der Waals surface area contributed by atoms with Gasteiger partial charge in [0.15, 0.2) is 0 Å². The minimum Gasteiger partial charge on any atom is -0.303 e. The molecule has 0 aromatic carbocycles. The van der Waals surface area contributed by atoms with Crippen LogP contribution in [0.25, 0.3) is 0 Å². The summed E-state index contributed by atoms with van der Waals surface area (Å²) in [4.78, 5) is 25.7. The lowest BCUT2D eigenvalue weighted by atomic mass is 10.1. The van der Waals surface area contributed by atoms with Crippen LogP contribution in [0.1, 0.15) is 30.7 Å². The van der Waals surface area contributed by atoms with E-state index in [1.807, 2.05) is 18.3 Å². The van der Waals surface area contributed by atoms with Gasteiger partial charge in [0.05, 0.1) is 0 Å². The fraction of sp³-hybridized carbons (Fsp3) is 0.417. The van der Waals surface area contributed by atoms with Crippen molar-refractivity contribution in [2.75, 3.05) is 0 Å². The van der Waals surface area contributed by atoms with Crippen LogP contribution in [-0.4, -0.2) is 17.1 Å². The molecule has 1 heterocycles. The van der Waals surface area contributed by atoms with Crippen LogP contribution >= 0.6 is 0 Å². The quantitative estimate of drug-likeness (QED) is 0.685. The standard InChI is InChI=1S/C12H13NO2/c14-6-2-4-12(15)11-7-10(11)9-3-1-5-13-8-9/h1,3,5-6,8,10-11H,2,4,7H2/t10-,11+/m0/s1. The van der Waals surface area contributed by atoms with E-state index in [2.05, 4.69) is 4.98 Å². The molecule has 0 N–H and O–H groups in total. The molecule has 0 spiro atoms. The van der Waals surface area contributed by atoms with E-state index in [9.17, 15) is 9.59 Å². The Balaban J connectivity index is 1.91. The molecule has 1 aromatic heterocycles. The van der Waals surface area contributed by atoms with Crippen LogP contribution in [0.5, 0.6) is 0 Å². The van der Waals surface area contributed by atoms with Gasteiger partial charge >= 0.3 is 0 Å². The third kappa shape index (κ3) is 2.29. The van der Waals surface area contributed by atoms with Crippen molar-refractivity contribution in [1.29, 1.82) is 0 Å². The number of carbonyl (C=O) groups is 2. The number of aromatic nitrogens is 1. The molecule has 2 atom stereocenters. The lowest BCUT2D eigenvalue weighted by Gasteiger charge is -1.98. The van der Waals surface area contributed by atoms with E-state index in [0.717, 1.165) is 18.3 Å². The first kappa shape index (κ1) is 10.0. The molecule has 1 aromatic rings. The Morgan fingerprint density at radius 1 is 1.60 bits per heavy atom. The van der Waals surface area contributed by atoms with Crippen molar-refractivity contribution in [2.45, 2.75) is 25.2 Å². The summed E-state index contributed by atoms with van der Waals surface area (Å²) in [7, 11) is 0. The third-order valence-electron chi connectivity index (χ3n) is 2.83. The zero-order valence-corrected chi connectivity index (χ0v) is 8.43. The van der Waals surface area contributed by atoms with E-state index in [4.69, 9.17) is 0 Å². The Kier molecular flexibility index (Phi) is 2.90. The topological polar surface area (TPSA) is 47.0 Å². The SMILES string of the molecule is O=CCCC(=O)[C@@H]1C[C@H]1c1cccnc1. The molecular weight excluding hydrogens is 190 g/mol. The number of hydrogen-bond donors (Lipinski definition) is 0. The maximum atomic E-state index is 11.6. The normalized spacial score (nSPS) is 23.5. The van der Waals surface area contributed by atoms with Crippen molar-refractivity contribution < 1.29 is 9.59 Å². The number of rotatable bonds is 5. The number of carbonyl (C=O) groups excluding carboxylic acids is 2. The van der Waals surface area contributed by atoms with Gasteiger partial charge in [-0.1, -0.05) is 6.07 Å². The highest BCUT2D eigenvalue weighted by molar-refractivity contribution is 5.86. The van der Waals surface area contributed by atoms with E-state index in [1.54, 1.807) is 6.20 Å². The first-order valence-electron chi connectivity index (χ1n) is 5.19. The monoisotopic (exact) mass is 203 g/mol. The fourth-order valence-corrected chi connectivity index (χ4v) is 1.90. The molecule has 0 radical (unpaired) electrons. The first-order chi connectivity index (χ1) is 7.33. The van der Waals surface area contributed by atoms with E-state index in [1.165, 1.54) is 0 Å². The molecule has 3 nitrogen and oxygen atoms in total. The Labute approximate surface area is 88.5 Å². The molecule has 0 amide bonds. The number of nitrogens with zero attached hydrogens (tertiary/aromatic N) is 1. The Bertz CT molecular complexity index is 361. The number of Topliss-reactive ketones (excluding diaryl/α,β-unsaturated/α-hetero) is 1. The molecule has 0 bridgehead atoms.